The van der Waals surface area contributed by atoms with Crippen molar-refractivity contribution < 1.29 is 5.11 Å². The largest absolute Gasteiger partial charge is 0.508 e. The zero-order chi connectivity index (χ0) is 19.1. The maximum absolute atomic E-state index is 10.5. The molecule has 0 atom stereocenters. The van der Waals surface area contributed by atoms with E-state index in [1.807, 2.05) is 22.7 Å². The Bertz CT molecular complexity index is 833. The Balaban J connectivity index is 2.18. The number of aliphatic hydroxyl groups excluding tert-OH is 1. The van der Waals surface area contributed by atoms with Gasteiger partial charge in [0, 0.05) is 21.9 Å². The molecule has 1 heterocycles. The molecule has 1 N–H and O–H groups in total. The van der Waals surface area contributed by atoms with Crippen LogP contribution in [0.2, 0.25) is 0 Å². The summed E-state index contributed by atoms with van der Waals surface area (Å²) in [5.74, 6) is 0.203. The molecule has 0 saturated carbocycles. The van der Waals surface area contributed by atoms with E-state index in [1.165, 1.54) is 38.4 Å². The van der Waals surface area contributed by atoms with Crippen LogP contribution in [0.25, 0.3) is 16.2 Å². The Kier molecular flexibility index (Phi) is 5.57. The molecule has 0 saturated heterocycles. The SMILES string of the molecule is C=C(O)c1c(-c2cc(CN(C)S)ccc2CC)sc2c1CC(C)(C)CC2. The second kappa shape index (κ2) is 7.41. The fourth-order valence-corrected chi connectivity index (χ4v) is 5.48. The number of aryl methyl sites for hydroxylation is 2. The van der Waals surface area contributed by atoms with Crippen LogP contribution in [0.15, 0.2) is 24.8 Å². The van der Waals surface area contributed by atoms with E-state index in [1.54, 1.807) is 0 Å². The highest BCUT2D eigenvalue weighted by Gasteiger charge is 2.31. The van der Waals surface area contributed by atoms with Gasteiger partial charge in [-0.3, -0.25) is 4.31 Å². The van der Waals surface area contributed by atoms with Crippen molar-refractivity contribution in [3.05, 3.63) is 51.9 Å². The lowest BCUT2D eigenvalue weighted by Gasteiger charge is -2.30. The number of nitrogens with zero attached hydrogens (tertiary/aromatic N) is 1. The highest BCUT2D eigenvalue weighted by Crippen LogP contribution is 2.47. The third kappa shape index (κ3) is 3.88. The van der Waals surface area contributed by atoms with Crippen molar-refractivity contribution in [3.63, 3.8) is 0 Å². The fraction of sp³-hybridized carbons (Fsp3) is 0.455. The Morgan fingerprint density at radius 2 is 2.12 bits per heavy atom. The van der Waals surface area contributed by atoms with E-state index in [0.29, 0.717) is 0 Å². The molecular weight excluding hydrogens is 358 g/mol. The zero-order valence-electron chi connectivity index (χ0n) is 16.2. The maximum atomic E-state index is 10.5. The molecule has 26 heavy (non-hydrogen) atoms. The lowest BCUT2D eigenvalue weighted by Crippen LogP contribution is -2.21. The number of thiophene rings is 1. The number of hydrogen-bond acceptors (Lipinski definition) is 4. The number of fused-ring (bicyclic) bond motifs is 1. The van der Waals surface area contributed by atoms with Gasteiger partial charge in [0.2, 0.25) is 0 Å². The van der Waals surface area contributed by atoms with E-state index in [2.05, 4.69) is 58.4 Å². The van der Waals surface area contributed by atoms with Crippen molar-refractivity contribution in [2.24, 2.45) is 5.41 Å². The summed E-state index contributed by atoms with van der Waals surface area (Å²) in [6, 6.07) is 6.66. The van der Waals surface area contributed by atoms with Gasteiger partial charge in [-0.15, -0.1) is 11.3 Å². The van der Waals surface area contributed by atoms with Gasteiger partial charge in [0.05, 0.1) is 0 Å². The van der Waals surface area contributed by atoms with Crippen LogP contribution >= 0.6 is 24.2 Å². The van der Waals surface area contributed by atoms with Gasteiger partial charge in [0.25, 0.3) is 0 Å². The molecule has 0 aliphatic heterocycles. The Labute approximate surface area is 167 Å². The second-order valence-electron chi connectivity index (χ2n) is 8.16. The van der Waals surface area contributed by atoms with E-state index in [9.17, 15) is 5.11 Å². The smallest absolute Gasteiger partial charge is 0.117 e. The van der Waals surface area contributed by atoms with Crippen molar-refractivity contribution in [2.45, 2.75) is 53.0 Å². The van der Waals surface area contributed by atoms with E-state index >= 15 is 0 Å². The van der Waals surface area contributed by atoms with E-state index in [4.69, 9.17) is 0 Å². The molecule has 0 bridgehead atoms. The average molecular weight is 388 g/mol. The Morgan fingerprint density at radius 3 is 2.73 bits per heavy atom. The van der Waals surface area contributed by atoms with Crippen LogP contribution in [0.5, 0.6) is 0 Å². The van der Waals surface area contributed by atoms with Crippen LogP contribution in [0.4, 0.5) is 0 Å². The monoisotopic (exact) mass is 387 g/mol. The molecule has 0 spiro atoms. The van der Waals surface area contributed by atoms with E-state index in [-0.39, 0.29) is 11.2 Å². The summed E-state index contributed by atoms with van der Waals surface area (Å²) >= 11 is 6.24. The number of thiol groups is 1. The third-order valence-corrected chi connectivity index (χ3v) is 6.74. The van der Waals surface area contributed by atoms with Gasteiger partial charge in [-0.2, -0.15) is 0 Å². The summed E-state index contributed by atoms with van der Waals surface area (Å²) in [5.41, 5.74) is 6.35. The molecule has 1 aliphatic rings. The van der Waals surface area contributed by atoms with Gasteiger partial charge in [-0.1, -0.05) is 52.3 Å². The lowest BCUT2D eigenvalue weighted by atomic mass is 9.75. The predicted molar refractivity (Wildman–Crippen MR) is 117 cm³/mol. The van der Waals surface area contributed by atoms with Crippen molar-refractivity contribution in [3.8, 4) is 10.4 Å². The first-order valence-electron chi connectivity index (χ1n) is 9.27. The molecule has 140 valence electrons. The van der Waals surface area contributed by atoms with Gasteiger partial charge in [0.15, 0.2) is 0 Å². The highest BCUT2D eigenvalue weighted by atomic mass is 32.1. The summed E-state index contributed by atoms with van der Waals surface area (Å²) in [7, 11) is 1.96. The van der Waals surface area contributed by atoms with Gasteiger partial charge >= 0.3 is 0 Å². The highest BCUT2D eigenvalue weighted by molar-refractivity contribution is 7.77. The molecular formula is C22H29NOS2. The first-order chi connectivity index (χ1) is 12.2. The summed E-state index contributed by atoms with van der Waals surface area (Å²) < 4.78 is 1.89. The maximum Gasteiger partial charge on any atom is 0.117 e. The number of hydrogen-bond donors (Lipinski definition) is 2. The van der Waals surface area contributed by atoms with Crippen molar-refractivity contribution in [2.75, 3.05) is 7.05 Å². The Morgan fingerprint density at radius 1 is 1.38 bits per heavy atom. The number of rotatable bonds is 5. The zero-order valence-corrected chi connectivity index (χ0v) is 17.9. The minimum absolute atomic E-state index is 0.203. The normalized spacial score (nSPS) is 15.9. The summed E-state index contributed by atoms with van der Waals surface area (Å²) in [6.07, 6.45) is 4.27. The molecule has 1 aromatic carbocycles. The topological polar surface area (TPSA) is 23.5 Å². The van der Waals surface area contributed by atoms with E-state index in [0.717, 1.165) is 31.4 Å². The molecule has 0 fully saturated rings. The first-order valence-corrected chi connectivity index (χ1v) is 10.5. The summed E-state index contributed by atoms with van der Waals surface area (Å²) in [6.45, 7) is 11.5. The molecule has 1 aromatic heterocycles. The van der Waals surface area contributed by atoms with Gasteiger partial charge in [-0.25, -0.2) is 0 Å². The van der Waals surface area contributed by atoms with Crippen molar-refractivity contribution >= 4 is 29.9 Å². The van der Waals surface area contributed by atoms with Gasteiger partial charge in [0.1, 0.15) is 5.76 Å². The summed E-state index contributed by atoms with van der Waals surface area (Å²) in [5, 5.41) is 10.5. The number of benzene rings is 1. The predicted octanol–water partition coefficient (Wildman–Crippen LogP) is 6.30. The molecule has 2 aromatic rings. The Hall–Kier alpha value is -1.23. The lowest BCUT2D eigenvalue weighted by molar-refractivity contribution is 0.317. The van der Waals surface area contributed by atoms with Gasteiger partial charge < -0.3 is 5.11 Å². The van der Waals surface area contributed by atoms with Crippen LogP contribution in [-0.2, 0) is 25.8 Å². The van der Waals surface area contributed by atoms with Gasteiger partial charge in [-0.05, 0) is 66.5 Å². The van der Waals surface area contributed by atoms with Crippen molar-refractivity contribution in [1.29, 1.82) is 0 Å². The number of aliphatic hydroxyl groups is 1. The fourth-order valence-electron chi connectivity index (χ4n) is 3.92. The van der Waals surface area contributed by atoms with Crippen LogP contribution in [0, 0.1) is 5.41 Å². The molecule has 0 unspecified atom stereocenters. The quantitative estimate of drug-likeness (QED) is 0.465. The second-order valence-corrected chi connectivity index (χ2v) is 9.94. The van der Waals surface area contributed by atoms with Crippen LogP contribution in [0.1, 0.15) is 54.3 Å². The van der Waals surface area contributed by atoms with Crippen molar-refractivity contribution in [1.82, 2.24) is 4.31 Å². The third-order valence-electron chi connectivity index (χ3n) is 5.27. The molecule has 0 amide bonds. The molecule has 2 nitrogen and oxygen atoms in total. The minimum Gasteiger partial charge on any atom is -0.508 e. The molecule has 3 rings (SSSR count). The molecule has 0 radical (unpaired) electrons. The van der Waals surface area contributed by atoms with Crippen LogP contribution in [0.3, 0.4) is 0 Å². The average Bonchev–Trinajstić information content (AvgIpc) is 2.91. The standard InChI is InChI=1S/C22H29NOS2/c1-6-16-8-7-15(13-23(5)25)11-17(16)21-20(14(2)24)18-12-22(3,4)10-9-19(18)26-21/h7-8,11,24-25H,2,6,9-10,12-13H2,1,3-5H3. The first kappa shape index (κ1) is 19.5. The van der Waals surface area contributed by atoms with Crippen LogP contribution in [-0.4, -0.2) is 16.5 Å². The van der Waals surface area contributed by atoms with Crippen LogP contribution < -0.4 is 0 Å². The minimum atomic E-state index is 0.203. The summed E-state index contributed by atoms with van der Waals surface area (Å²) in [4.78, 5) is 2.60. The molecule has 1 aliphatic carbocycles. The van der Waals surface area contributed by atoms with E-state index < -0.39 is 0 Å². The molecule has 4 heteroatoms.